The van der Waals surface area contributed by atoms with Crippen LogP contribution < -0.4 is 0 Å². The Bertz CT molecular complexity index is 302. The Morgan fingerprint density at radius 1 is 0.667 bits per heavy atom. The molecule has 0 aromatic rings. The quantitative estimate of drug-likeness (QED) is 0.351. The molecule has 24 heavy (non-hydrogen) atoms. The molecule has 0 atom stereocenters. The van der Waals surface area contributed by atoms with Crippen LogP contribution in [0.25, 0.3) is 0 Å². The minimum absolute atomic E-state index is 0.695. The van der Waals surface area contributed by atoms with Crippen molar-refractivity contribution in [3.8, 4) is 0 Å². The molecule has 0 nitrogen and oxygen atoms in total. The third kappa shape index (κ3) is 6.72. The first-order chi connectivity index (χ1) is 11.7. The lowest BCUT2D eigenvalue weighted by Crippen LogP contribution is -2.30. The maximum Gasteiger partial charge on any atom is -0.0326 e. The van der Waals surface area contributed by atoms with E-state index in [1.54, 1.807) is 38.5 Å². The highest BCUT2D eigenvalue weighted by Crippen LogP contribution is 2.47. The van der Waals surface area contributed by atoms with Gasteiger partial charge in [0, 0.05) is 0 Å². The first-order valence-corrected chi connectivity index (χ1v) is 11.7. The summed E-state index contributed by atoms with van der Waals surface area (Å²) in [6.07, 6.45) is 25.5. The van der Waals surface area contributed by atoms with E-state index >= 15 is 0 Å². The molecule has 0 bridgehead atoms. The van der Waals surface area contributed by atoms with Gasteiger partial charge >= 0.3 is 0 Å². The third-order valence-corrected chi connectivity index (χ3v) is 7.65. The predicted octanol–water partition coefficient (Wildman–Crippen LogP) is 8.54. The van der Waals surface area contributed by atoms with Gasteiger partial charge in [-0.1, -0.05) is 85.0 Å². The Balaban J connectivity index is 1.62. The van der Waals surface area contributed by atoms with E-state index in [4.69, 9.17) is 0 Å². The maximum atomic E-state index is 2.60. The van der Waals surface area contributed by atoms with Crippen LogP contribution >= 0.6 is 0 Å². The molecule has 0 spiro atoms. The van der Waals surface area contributed by atoms with Crippen LogP contribution in [0.4, 0.5) is 0 Å². The average molecular weight is 335 g/mol. The van der Waals surface area contributed by atoms with Gasteiger partial charge in [-0.15, -0.1) is 0 Å². The highest BCUT2D eigenvalue weighted by molar-refractivity contribution is 4.86. The van der Waals surface area contributed by atoms with E-state index in [0.717, 1.165) is 17.8 Å². The number of hydrogen-bond acceptors (Lipinski definition) is 0. The van der Waals surface area contributed by atoms with Gasteiger partial charge in [0.05, 0.1) is 0 Å². The fourth-order valence-electron chi connectivity index (χ4n) is 5.65. The molecule has 2 aliphatic carbocycles. The molecule has 0 aromatic carbocycles. The zero-order valence-corrected chi connectivity index (χ0v) is 17.3. The Kier molecular flexibility index (Phi) is 9.20. The molecule has 2 fully saturated rings. The van der Waals surface area contributed by atoms with Crippen molar-refractivity contribution in [3.63, 3.8) is 0 Å². The van der Waals surface area contributed by atoms with E-state index in [1.807, 2.05) is 0 Å². The summed E-state index contributed by atoms with van der Waals surface area (Å²) in [6, 6.07) is 0. The molecule has 0 unspecified atom stereocenters. The lowest BCUT2D eigenvalue weighted by Gasteiger charge is -2.42. The van der Waals surface area contributed by atoms with E-state index < -0.39 is 0 Å². The molecule has 2 aliphatic rings. The van der Waals surface area contributed by atoms with E-state index in [-0.39, 0.29) is 0 Å². The second-order valence-electron chi connectivity index (χ2n) is 9.74. The van der Waals surface area contributed by atoms with Gasteiger partial charge in [-0.3, -0.25) is 0 Å². The summed E-state index contributed by atoms with van der Waals surface area (Å²) in [7, 11) is 0. The molecule has 2 rings (SSSR count). The molecular weight excluding hydrogens is 288 g/mol. The Morgan fingerprint density at radius 2 is 1.25 bits per heavy atom. The summed E-state index contributed by atoms with van der Waals surface area (Å²) in [5, 5.41) is 0. The van der Waals surface area contributed by atoms with Gasteiger partial charge in [-0.25, -0.2) is 0 Å². The second kappa shape index (κ2) is 10.9. The van der Waals surface area contributed by atoms with Crippen LogP contribution in [0.2, 0.25) is 0 Å². The lowest BCUT2D eigenvalue weighted by atomic mass is 9.63. The van der Waals surface area contributed by atoms with Crippen molar-refractivity contribution in [3.05, 3.63) is 0 Å². The van der Waals surface area contributed by atoms with Crippen LogP contribution in [0.5, 0.6) is 0 Å². The topological polar surface area (TPSA) is 0 Å². The summed E-state index contributed by atoms with van der Waals surface area (Å²) in [5.41, 5.74) is 0.695. The second-order valence-corrected chi connectivity index (χ2v) is 9.74. The minimum Gasteiger partial charge on any atom is -0.0654 e. The molecule has 0 radical (unpaired) electrons. The first-order valence-electron chi connectivity index (χ1n) is 11.7. The molecule has 0 amide bonds. The molecule has 0 heterocycles. The monoisotopic (exact) mass is 334 g/mol. The Hall–Kier alpha value is 0. The Labute approximate surface area is 153 Å². The van der Waals surface area contributed by atoms with Crippen molar-refractivity contribution in [1.82, 2.24) is 0 Å². The van der Waals surface area contributed by atoms with Crippen molar-refractivity contribution in [1.29, 1.82) is 0 Å². The number of unbranched alkanes of at least 4 members (excludes halogenated alkanes) is 5. The van der Waals surface area contributed by atoms with Gasteiger partial charge in [-0.05, 0) is 68.1 Å². The van der Waals surface area contributed by atoms with Crippen LogP contribution in [-0.2, 0) is 0 Å². The van der Waals surface area contributed by atoms with Crippen LogP contribution in [0.3, 0.4) is 0 Å². The summed E-state index contributed by atoms with van der Waals surface area (Å²) in [6.45, 7) is 7.26. The molecule has 0 saturated heterocycles. The van der Waals surface area contributed by atoms with Gasteiger partial charge in [-0.2, -0.15) is 0 Å². The van der Waals surface area contributed by atoms with Gasteiger partial charge in [0.2, 0.25) is 0 Å². The lowest BCUT2D eigenvalue weighted by molar-refractivity contribution is 0.0949. The van der Waals surface area contributed by atoms with Gasteiger partial charge in [0.15, 0.2) is 0 Å². The molecule has 0 heteroatoms. The van der Waals surface area contributed by atoms with Gasteiger partial charge in [0.25, 0.3) is 0 Å². The molecular formula is C24H46. The number of hydrogen-bond donors (Lipinski definition) is 0. The van der Waals surface area contributed by atoms with Gasteiger partial charge < -0.3 is 0 Å². The third-order valence-electron chi connectivity index (χ3n) is 7.65. The van der Waals surface area contributed by atoms with E-state index in [1.165, 1.54) is 70.6 Å². The highest BCUT2D eigenvalue weighted by atomic mass is 14.4. The first kappa shape index (κ1) is 20.3. The SMILES string of the molecule is CCCCCCCC1(C)CCC(C2CCC(CCCC)CC2)CC1. The summed E-state index contributed by atoms with van der Waals surface area (Å²) < 4.78 is 0. The molecule has 0 aliphatic heterocycles. The summed E-state index contributed by atoms with van der Waals surface area (Å²) in [4.78, 5) is 0. The summed E-state index contributed by atoms with van der Waals surface area (Å²) in [5.74, 6) is 3.26. The van der Waals surface area contributed by atoms with Crippen molar-refractivity contribution >= 4 is 0 Å². The average Bonchev–Trinajstić information content (AvgIpc) is 2.61. The van der Waals surface area contributed by atoms with E-state index in [2.05, 4.69) is 20.8 Å². The molecule has 2 saturated carbocycles. The van der Waals surface area contributed by atoms with Crippen molar-refractivity contribution < 1.29 is 0 Å². The largest absolute Gasteiger partial charge is 0.0654 e. The van der Waals surface area contributed by atoms with Crippen LogP contribution in [0.15, 0.2) is 0 Å². The normalized spacial score (nSPS) is 34.4. The maximum absolute atomic E-state index is 2.60. The fraction of sp³-hybridized carbons (Fsp3) is 1.00. The zero-order chi connectivity index (χ0) is 17.3. The smallest absolute Gasteiger partial charge is 0.0326 e. The van der Waals surface area contributed by atoms with Crippen LogP contribution in [-0.4, -0.2) is 0 Å². The highest BCUT2D eigenvalue weighted by Gasteiger charge is 2.35. The molecule has 0 N–H and O–H groups in total. The predicted molar refractivity (Wildman–Crippen MR) is 108 cm³/mol. The molecule has 0 aromatic heterocycles. The van der Waals surface area contributed by atoms with Gasteiger partial charge in [0.1, 0.15) is 0 Å². The standard InChI is InChI=1S/C24H46/c1-4-6-8-9-10-18-24(3)19-16-23(17-20-24)22-14-12-21(13-15-22)11-7-5-2/h21-23H,4-20H2,1-3H3. The van der Waals surface area contributed by atoms with Crippen molar-refractivity contribution in [2.24, 2.45) is 23.2 Å². The minimum atomic E-state index is 0.695. The van der Waals surface area contributed by atoms with E-state index in [0.29, 0.717) is 5.41 Å². The van der Waals surface area contributed by atoms with Crippen LogP contribution in [0, 0.1) is 23.2 Å². The van der Waals surface area contributed by atoms with E-state index in [9.17, 15) is 0 Å². The van der Waals surface area contributed by atoms with Crippen molar-refractivity contribution in [2.75, 3.05) is 0 Å². The fourth-order valence-corrected chi connectivity index (χ4v) is 5.65. The van der Waals surface area contributed by atoms with Crippen molar-refractivity contribution in [2.45, 2.75) is 130 Å². The zero-order valence-electron chi connectivity index (χ0n) is 17.3. The summed E-state index contributed by atoms with van der Waals surface area (Å²) >= 11 is 0. The van der Waals surface area contributed by atoms with Crippen LogP contribution in [0.1, 0.15) is 130 Å². The number of rotatable bonds is 10. The Morgan fingerprint density at radius 3 is 1.88 bits per heavy atom. The molecule has 142 valence electrons.